The van der Waals surface area contributed by atoms with Gasteiger partial charge in [0, 0.05) is 9.95 Å². The lowest BCUT2D eigenvalue weighted by Crippen LogP contribution is -2.16. The van der Waals surface area contributed by atoms with Crippen molar-refractivity contribution in [2.45, 2.75) is 6.10 Å². The van der Waals surface area contributed by atoms with Gasteiger partial charge in [0.05, 0.1) is 0 Å². The van der Waals surface area contributed by atoms with Crippen molar-refractivity contribution < 1.29 is 10.0 Å². The normalized spacial score (nSPS) is 12.9. The molecule has 0 aromatic heterocycles. The molecule has 0 saturated carbocycles. The Hall–Kier alpha value is -1.39. The van der Waals surface area contributed by atoms with E-state index in [2.05, 4.69) is 0 Å². The zero-order valence-electron chi connectivity index (χ0n) is 7.84. The van der Waals surface area contributed by atoms with Crippen LogP contribution >= 0.6 is 11.6 Å². The fourth-order valence-corrected chi connectivity index (χ4v) is 1.14. The van der Waals surface area contributed by atoms with Gasteiger partial charge in [0.1, 0.15) is 6.10 Å². The van der Waals surface area contributed by atoms with Gasteiger partial charge in [-0.25, -0.2) is 0 Å². The molecule has 15 heavy (non-hydrogen) atoms. The van der Waals surface area contributed by atoms with Gasteiger partial charge >= 0.3 is 0 Å². The highest BCUT2D eigenvalue weighted by atomic mass is 35.5. The first-order chi connectivity index (χ1) is 7.08. The van der Waals surface area contributed by atoms with Gasteiger partial charge in [-0.15, -0.1) is 0 Å². The van der Waals surface area contributed by atoms with Crippen molar-refractivity contribution in [2.75, 3.05) is 6.54 Å². The minimum Gasteiger partial charge on any atom is -0.382 e. The van der Waals surface area contributed by atoms with E-state index < -0.39 is 17.6 Å². The Labute approximate surface area is 92.0 Å². The second-order valence-corrected chi connectivity index (χ2v) is 3.43. The molecule has 80 valence electrons. The lowest BCUT2D eigenvalue weighted by molar-refractivity contribution is -0.487. The van der Waals surface area contributed by atoms with Crippen molar-refractivity contribution in [1.82, 2.24) is 0 Å². The summed E-state index contributed by atoms with van der Waals surface area (Å²) in [5.74, 6) is 0. The number of hydrogen-bond acceptors (Lipinski definition) is 3. The monoisotopic (exact) mass is 227 g/mol. The topological polar surface area (TPSA) is 63.4 Å². The molecule has 5 heteroatoms. The van der Waals surface area contributed by atoms with Crippen molar-refractivity contribution in [3.63, 3.8) is 0 Å². The van der Waals surface area contributed by atoms with Crippen LogP contribution in [-0.4, -0.2) is 22.7 Å². The second-order valence-electron chi connectivity index (χ2n) is 2.99. The molecule has 0 aliphatic rings. The third-order valence-electron chi connectivity index (χ3n) is 1.72. The van der Waals surface area contributed by atoms with E-state index in [-0.39, 0.29) is 0 Å². The largest absolute Gasteiger partial charge is 0.382 e. The highest BCUT2D eigenvalue weighted by molar-refractivity contribution is 6.30. The minimum absolute atomic E-state index is 0.482. The van der Waals surface area contributed by atoms with Crippen LogP contribution in [0.3, 0.4) is 0 Å². The molecule has 0 fully saturated rings. The first-order valence-corrected chi connectivity index (χ1v) is 4.69. The quantitative estimate of drug-likeness (QED) is 0.632. The van der Waals surface area contributed by atoms with Gasteiger partial charge < -0.3 is 5.11 Å². The lowest BCUT2D eigenvalue weighted by atomic mass is 10.2. The maximum atomic E-state index is 10.1. The third kappa shape index (κ3) is 4.58. The predicted molar refractivity (Wildman–Crippen MR) is 58.4 cm³/mol. The Kier molecular flexibility index (Phi) is 4.27. The van der Waals surface area contributed by atoms with E-state index in [0.717, 1.165) is 5.56 Å². The number of hydrogen-bond donors (Lipinski definition) is 1. The van der Waals surface area contributed by atoms with Gasteiger partial charge in [-0.1, -0.05) is 29.8 Å². The van der Waals surface area contributed by atoms with Crippen LogP contribution in [-0.2, 0) is 0 Å². The molecular formula is C10H10ClNO3. The summed E-state index contributed by atoms with van der Waals surface area (Å²) in [5, 5.41) is 19.9. The molecule has 0 heterocycles. The van der Waals surface area contributed by atoms with Crippen LogP contribution in [0.5, 0.6) is 0 Å². The van der Waals surface area contributed by atoms with Crippen molar-refractivity contribution in [3.8, 4) is 0 Å². The average Bonchev–Trinajstić information content (AvgIpc) is 2.16. The van der Waals surface area contributed by atoms with E-state index in [1.54, 1.807) is 30.3 Å². The zero-order valence-corrected chi connectivity index (χ0v) is 8.59. The van der Waals surface area contributed by atoms with Gasteiger partial charge in [-0.2, -0.15) is 0 Å². The maximum absolute atomic E-state index is 10.1. The molecule has 0 amide bonds. The number of aliphatic hydroxyl groups excluding tert-OH is 1. The Morgan fingerprint density at radius 2 is 2.07 bits per heavy atom. The second kappa shape index (κ2) is 5.48. The molecule has 0 spiro atoms. The molecule has 1 N–H and O–H groups in total. The van der Waals surface area contributed by atoms with E-state index in [0.29, 0.717) is 5.02 Å². The highest BCUT2D eigenvalue weighted by Gasteiger charge is 2.06. The molecule has 0 bridgehead atoms. The molecule has 1 rings (SSSR count). The van der Waals surface area contributed by atoms with E-state index in [9.17, 15) is 15.2 Å². The van der Waals surface area contributed by atoms with Crippen LogP contribution in [0.2, 0.25) is 5.02 Å². The molecular weight excluding hydrogens is 218 g/mol. The van der Waals surface area contributed by atoms with Crippen molar-refractivity contribution in [1.29, 1.82) is 0 Å². The fourth-order valence-electron chi connectivity index (χ4n) is 1.01. The Balaban J connectivity index is 2.57. The number of halogens is 1. The molecule has 0 unspecified atom stereocenters. The summed E-state index contributed by atoms with van der Waals surface area (Å²) in [7, 11) is 0. The molecule has 0 saturated heterocycles. The van der Waals surface area contributed by atoms with Crippen molar-refractivity contribution in [2.24, 2.45) is 0 Å². The Bertz CT molecular complexity index is 361. The van der Waals surface area contributed by atoms with Gasteiger partial charge in [0.15, 0.2) is 0 Å². The van der Waals surface area contributed by atoms with Crippen LogP contribution in [0.4, 0.5) is 0 Å². The Morgan fingerprint density at radius 1 is 1.47 bits per heavy atom. The van der Waals surface area contributed by atoms with Crippen molar-refractivity contribution >= 4 is 17.7 Å². The van der Waals surface area contributed by atoms with E-state index in [1.165, 1.54) is 6.08 Å². The molecule has 1 aromatic rings. The van der Waals surface area contributed by atoms with Gasteiger partial charge in [-0.3, -0.25) is 10.1 Å². The first-order valence-electron chi connectivity index (χ1n) is 4.31. The molecule has 1 aromatic carbocycles. The summed E-state index contributed by atoms with van der Waals surface area (Å²) < 4.78 is 0. The van der Waals surface area contributed by atoms with Crippen LogP contribution in [0.15, 0.2) is 30.3 Å². The lowest BCUT2D eigenvalue weighted by Gasteiger charge is -1.98. The smallest absolute Gasteiger partial charge is 0.232 e. The van der Waals surface area contributed by atoms with Gasteiger partial charge in [0.25, 0.3) is 0 Å². The first kappa shape index (κ1) is 11.7. The average molecular weight is 228 g/mol. The Morgan fingerprint density at radius 3 is 2.60 bits per heavy atom. The molecule has 0 aliphatic carbocycles. The number of aliphatic hydroxyl groups is 1. The third-order valence-corrected chi connectivity index (χ3v) is 1.97. The molecule has 1 atom stereocenters. The van der Waals surface area contributed by atoms with E-state index >= 15 is 0 Å². The zero-order chi connectivity index (χ0) is 11.3. The maximum Gasteiger partial charge on any atom is 0.232 e. The van der Waals surface area contributed by atoms with E-state index in [4.69, 9.17) is 11.6 Å². The molecule has 0 aliphatic heterocycles. The van der Waals surface area contributed by atoms with Gasteiger partial charge in [0.2, 0.25) is 6.54 Å². The summed E-state index contributed by atoms with van der Waals surface area (Å²) in [5.41, 5.74) is 0.835. The summed E-state index contributed by atoms with van der Waals surface area (Å²) in [4.78, 5) is 9.50. The highest BCUT2D eigenvalue weighted by Crippen LogP contribution is 2.10. The van der Waals surface area contributed by atoms with Crippen LogP contribution in [0.25, 0.3) is 6.08 Å². The van der Waals surface area contributed by atoms with E-state index in [1.807, 2.05) is 0 Å². The number of rotatable bonds is 4. The number of nitrogens with zero attached hydrogens (tertiary/aromatic N) is 1. The fraction of sp³-hybridized carbons (Fsp3) is 0.200. The number of nitro groups is 1. The minimum atomic E-state index is -1.06. The van der Waals surface area contributed by atoms with Crippen LogP contribution in [0, 0.1) is 10.1 Å². The van der Waals surface area contributed by atoms with Gasteiger partial charge in [-0.05, 0) is 23.8 Å². The van der Waals surface area contributed by atoms with Crippen molar-refractivity contribution in [3.05, 3.63) is 51.0 Å². The van der Waals surface area contributed by atoms with Crippen LogP contribution in [0.1, 0.15) is 5.56 Å². The SMILES string of the molecule is O=[N+]([O-])C[C@@H](O)/C=C/c1ccc(Cl)cc1. The summed E-state index contributed by atoms with van der Waals surface area (Å²) in [6, 6.07) is 6.94. The number of benzene rings is 1. The standard InChI is InChI=1S/C10H10ClNO3/c11-9-4-1-8(2-5-9)3-6-10(13)7-12(14)15/h1-6,10,13H,7H2/b6-3+/t10-/m0/s1. The van der Waals surface area contributed by atoms with Crippen LogP contribution < -0.4 is 0 Å². The molecule has 0 radical (unpaired) electrons. The summed E-state index contributed by atoms with van der Waals surface area (Å²) in [6.45, 7) is -0.482. The molecule has 4 nitrogen and oxygen atoms in total. The predicted octanol–water partition coefficient (Wildman–Crippen LogP) is 1.99. The summed E-state index contributed by atoms with van der Waals surface area (Å²) in [6.07, 6.45) is 1.94. The summed E-state index contributed by atoms with van der Waals surface area (Å²) >= 11 is 5.68.